The number of halogens is 2. The standard InChI is InChI=1S/C32H28Cl2N2O4/c1-38-32(37)28-16-12-22-17-21(11-15-27(22)35-28)19-9-13-23(14-10-19)39-18-24-30(29-25(33)7-4-8-26(29)34)36-40-31(24)20-5-2-3-6-20/h4,7-17,20,24,31H,2-3,5-6,18H2,1H3. The summed E-state index contributed by atoms with van der Waals surface area (Å²) in [5.74, 6) is 0.664. The number of benzene rings is 3. The van der Waals surface area contributed by atoms with Crippen LogP contribution in [0.3, 0.4) is 0 Å². The fraction of sp³-hybridized carbons (Fsp3) is 0.281. The van der Waals surface area contributed by atoms with Crippen LogP contribution in [0.25, 0.3) is 22.0 Å². The van der Waals surface area contributed by atoms with E-state index in [0.29, 0.717) is 22.6 Å². The van der Waals surface area contributed by atoms with Crippen molar-refractivity contribution in [1.29, 1.82) is 0 Å². The number of rotatable bonds is 7. The Kier molecular flexibility index (Phi) is 7.63. The molecule has 1 fully saturated rings. The smallest absolute Gasteiger partial charge is 0.356 e. The number of carbonyl (C=O) groups is 1. The van der Waals surface area contributed by atoms with Gasteiger partial charge in [0.2, 0.25) is 0 Å². The zero-order chi connectivity index (χ0) is 27.6. The van der Waals surface area contributed by atoms with Gasteiger partial charge in [0.15, 0.2) is 0 Å². The maximum atomic E-state index is 11.8. The lowest BCUT2D eigenvalue weighted by molar-refractivity contribution is 0.00905. The molecule has 0 spiro atoms. The number of oxime groups is 1. The summed E-state index contributed by atoms with van der Waals surface area (Å²) in [4.78, 5) is 22.2. The molecule has 1 saturated carbocycles. The number of carbonyl (C=O) groups excluding carboxylic acids is 1. The molecule has 8 heteroatoms. The first kappa shape index (κ1) is 26.6. The highest BCUT2D eigenvalue weighted by Gasteiger charge is 2.42. The summed E-state index contributed by atoms with van der Waals surface area (Å²) in [6.07, 6.45) is 4.60. The molecule has 6 rings (SSSR count). The molecule has 6 nitrogen and oxygen atoms in total. The van der Waals surface area contributed by atoms with Crippen LogP contribution in [0.2, 0.25) is 10.0 Å². The second-order valence-corrected chi connectivity index (χ2v) is 11.0. The van der Waals surface area contributed by atoms with Crippen molar-refractivity contribution in [3.63, 3.8) is 0 Å². The van der Waals surface area contributed by atoms with Crippen LogP contribution in [0.4, 0.5) is 0 Å². The van der Waals surface area contributed by atoms with Gasteiger partial charge >= 0.3 is 5.97 Å². The molecule has 1 aromatic heterocycles. The van der Waals surface area contributed by atoms with Gasteiger partial charge in [0, 0.05) is 10.9 Å². The Morgan fingerprint density at radius 2 is 1.68 bits per heavy atom. The van der Waals surface area contributed by atoms with Crippen molar-refractivity contribution in [2.45, 2.75) is 31.8 Å². The van der Waals surface area contributed by atoms with Gasteiger partial charge in [-0.1, -0.05) is 71.5 Å². The zero-order valence-corrected chi connectivity index (χ0v) is 23.5. The molecule has 0 N–H and O–H groups in total. The highest BCUT2D eigenvalue weighted by atomic mass is 35.5. The molecule has 0 saturated heterocycles. The molecule has 0 amide bonds. The fourth-order valence-electron chi connectivity index (χ4n) is 5.72. The van der Waals surface area contributed by atoms with Gasteiger partial charge in [-0.2, -0.15) is 0 Å². The molecule has 4 aromatic rings. The normalized spacial score (nSPS) is 18.9. The number of hydrogen-bond donors (Lipinski definition) is 0. The van der Waals surface area contributed by atoms with Crippen molar-refractivity contribution in [3.05, 3.63) is 94.1 Å². The lowest BCUT2D eigenvalue weighted by Gasteiger charge is -2.24. The number of ether oxygens (including phenoxy) is 2. The SMILES string of the molecule is COC(=O)c1ccc2cc(-c3ccc(OCC4C(c5c(Cl)cccc5Cl)=NOC4C4CCCC4)cc3)ccc2n1. The van der Waals surface area contributed by atoms with Crippen molar-refractivity contribution in [1.82, 2.24) is 4.98 Å². The van der Waals surface area contributed by atoms with Crippen molar-refractivity contribution in [2.75, 3.05) is 13.7 Å². The third-order valence-corrected chi connectivity index (χ3v) is 8.43. The molecule has 0 radical (unpaired) electrons. The maximum Gasteiger partial charge on any atom is 0.356 e. The Bertz CT molecular complexity index is 1560. The van der Waals surface area contributed by atoms with Gasteiger partial charge in [0.05, 0.1) is 28.6 Å². The summed E-state index contributed by atoms with van der Waals surface area (Å²) in [6, 6.07) is 23.0. The van der Waals surface area contributed by atoms with E-state index < -0.39 is 5.97 Å². The summed E-state index contributed by atoms with van der Waals surface area (Å²) in [7, 11) is 1.35. The van der Waals surface area contributed by atoms with E-state index in [1.807, 2.05) is 60.7 Å². The van der Waals surface area contributed by atoms with Gasteiger partial charge < -0.3 is 14.3 Å². The first-order valence-corrected chi connectivity index (χ1v) is 14.2. The number of fused-ring (bicyclic) bond motifs is 1. The number of pyridine rings is 1. The van der Waals surface area contributed by atoms with Crippen molar-refractivity contribution in [2.24, 2.45) is 17.0 Å². The molecule has 0 bridgehead atoms. The van der Waals surface area contributed by atoms with Gasteiger partial charge in [-0.05, 0) is 72.4 Å². The average molecular weight is 575 g/mol. The van der Waals surface area contributed by atoms with Crippen molar-refractivity contribution in [3.8, 4) is 16.9 Å². The van der Waals surface area contributed by atoms with Gasteiger partial charge in [-0.25, -0.2) is 9.78 Å². The van der Waals surface area contributed by atoms with Crippen LogP contribution in [0.15, 0.2) is 78.0 Å². The third kappa shape index (κ3) is 5.26. The maximum absolute atomic E-state index is 11.8. The number of hydrogen-bond acceptors (Lipinski definition) is 6. The topological polar surface area (TPSA) is 70.0 Å². The Morgan fingerprint density at radius 3 is 2.40 bits per heavy atom. The molecular weight excluding hydrogens is 547 g/mol. The summed E-state index contributed by atoms with van der Waals surface area (Å²) >= 11 is 13.1. The van der Waals surface area contributed by atoms with E-state index in [9.17, 15) is 4.79 Å². The van der Waals surface area contributed by atoms with E-state index >= 15 is 0 Å². The van der Waals surface area contributed by atoms with Crippen LogP contribution in [0, 0.1) is 11.8 Å². The Labute approximate surface area is 242 Å². The minimum Gasteiger partial charge on any atom is -0.493 e. The quantitative estimate of drug-likeness (QED) is 0.209. The minimum atomic E-state index is -0.450. The molecule has 2 heterocycles. The van der Waals surface area contributed by atoms with E-state index in [2.05, 4.69) is 16.2 Å². The van der Waals surface area contributed by atoms with Gasteiger partial charge in [0.25, 0.3) is 0 Å². The predicted molar refractivity (Wildman–Crippen MR) is 157 cm³/mol. The summed E-state index contributed by atoms with van der Waals surface area (Å²) in [5, 5.41) is 6.54. The van der Waals surface area contributed by atoms with Crippen LogP contribution >= 0.6 is 23.2 Å². The number of aromatic nitrogens is 1. The minimum absolute atomic E-state index is 0.0602. The lowest BCUT2D eigenvalue weighted by atomic mass is 9.85. The van der Waals surface area contributed by atoms with Crippen LogP contribution < -0.4 is 4.74 Å². The Balaban J connectivity index is 1.20. The molecule has 1 aliphatic carbocycles. The van der Waals surface area contributed by atoms with Crippen molar-refractivity contribution >= 4 is 45.8 Å². The first-order valence-electron chi connectivity index (χ1n) is 13.4. The Hall–Kier alpha value is -3.61. The van der Waals surface area contributed by atoms with E-state index in [4.69, 9.17) is 37.5 Å². The molecule has 204 valence electrons. The van der Waals surface area contributed by atoms with E-state index in [0.717, 1.165) is 51.9 Å². The fourth-order valence-corrected chi connectivity index (χ4v) is 6.31. The predicted octanol–water partition coefficient (Wildman–Crippen LogP) is 7.98. The van der Waals surface area contributed by atoms with E-state index in [1.54, 1.807) is 6.07 Å². The largest absolute Gasteiger partial charge is 0.493 e. The van der Waals surface area contributed by atoms with Crippen LogP contribution in [-0.4, -0.2) is 36.5 Å². The summed E-state index contributed by atoms with van der Waals surface area (Å²) in [5.41, 5.74) is 4.59. The molecular formula is C32H28Cl2N2O4. The Morgan fingerprint density at radius 1 is 0.950 bits per heavy atom. The number of esters is 1. The second kappa shape index (κ2) is 11.5. The van der Waals surface area contributed by atoms with E-state index in [-0.39, 0.29) is 17.7 Å². The third-order valence-electron chi connectivity index (χ3n) is 7.80. The molecule has 3 aromatic carbocycles. The van der Waals surface area contributed by atoms with E-state index in [1.165, 1.54) is 20.0 Å². The van der Waals surface area contributed by atoms with Crippen LogP contribution in [-0.2, 0) is 9.57 Å². The monoisotopic (exact) mass is 574 g/mol. The molecule has 40 heavy (non-hydrogen) atoms. The molecule has 2 aliphatic rings. The van der Waals surface area contributed by atoms with Crippen LogP contribution in [0.5, 0.6) is 5.75 Å². The molecule has 2 unspecified atom stereocenters. The number of nitrogens with zero attached hydrogens (tertiary/aromatic N) is 2. The first-order chi connectivity index (χ1) is 19.5. The van der Waals surface area contributed by atoms with Crippen LogP contribution in [0.1, 0.15) is 41.7 Å². The summed E-state index contributed by atoms with van der Waals surface area (Å²) in [6.45, 7) is 0.408. The summed E-state index contributed by atoms with van der Waals surface area (Å²) < 4.78 is 11.1. The highest BCUT2D eigenvalue weighted by molar-refractivity contribution is 6.40. The zero-order valence-electron chi connectivity index (χ0n) is 22.0. The van der Waals surface area contributed by atoms with Gasteiger partial charge in [-0.15, -0.1) is 0 Å². The average Bonchev–Trinajstić information content (AvgIpc) is 3.66. The molecule has 2 atom stereocenters. The second-order valence-electron chi connectivity index (χ2n) is 10.2. The van der Waals surface area contributed by atoms with Gasteiger partial charge in [-0.3, -0.25) is 0 Å². The lowest BCUT2D eigenvalue weighted by Crippen LogP contribution is -2.34. The number of methoxy groups -OCH3 is 1. The highest BCUT2D eigenvalue weighted by Crippen LogP contribution is 2.40. The van der Waals surface area contributed by atoms with Gasteiger partial charge in [0.1, 0.15) is 29.9 Å². The molecule has 1 aliphatic heterocycles. The van der Waals surface area contributed by atoms with Crippen molar-refractivity contribution < 1.29 is 19.1 Å².